The number of para-hydroxylation sites is 1. The summed E-state index contributed by atoms with van der Waals surface area (Å²) in [5, 5.41) is 5.21. The zero-order valence-electron chi connectivity index (χ0n) is 16.8. The SMILES string of the molecule is Cc1ccc(-c2ccc(-n3c4ccccc4c4c5ccccc5ccc43)cc2)cc1. The molecule has 0 fully saturated rings. The van der Waals surface area contributed by atoms with Crippen LogP contribution in [0.1, 0.15) is 5.56 Å². The summed E-state index contributed by atoms with van der Waals surface area (Å²) in [4.78, 5) is 0. The second kappa shape index (κ2) is 6.60. The van der Waals surface area contributed by atoms with E-state index in [1.54, 1.807) is 0 Å². The lowest BCUT2D eigenvalue weighted by Crippen LogP contribution is -1.93. The van der Waals surface area contributed by atoms with Gasteiger partial charge in [0.25, 0.3) is 0 Å². The number of hydrogen-bond acceptors (Lipinski definition) is 0. The van der Waals surface area contributed by atoms with Gasteiger partial charge >= 0.3 is 0 Å². The molecule has 0 amide bonds. The van der Waals surface area contributed by atoms with Crippen LogP contribution in [0.15, 0.2) is 109 Å². The van der Waals surface area contributed by atoms with Crippen molar-refractivity contribution in [1.82, 2.24) is 4.57 Å². The van der Waals surface area contributed by atoms with Crippen molar-refractivity contribution in [2.45, 2.75) is 6.92 Å². The standard InChI is InChI=1S/C29H21N/c1-20-10-12-21(13-11-20)22-14-17-24(18-15-22)30-27-9-5-4-8-26(27)29-25-7-3-2-6-23(25)16-19-28(29)30/h2-19H,1H3. The quantitative estimate of drug-likeness (QED) is 0.286. The van der Waals surface area contributed by atoms with E-state index in [1.807, 2.05) is 0 Å². The van der Waals surface area contributed by atoms with Crippen molar-refractivity contribution >= 4 is 32.6 Å². The monoisotopic (exact) mass is 383 g/mol. The molecule has 0 atom stereocenters. The predicted octanol–water partition coefficient (Wildman–Crippen LogP) is 7.91. The molecule has 0 N–H and O–H groups in total. The smallest absolute Gasteiger partial charge is 0.0547 e. The Morgan fingerprint density at radius 3 is 1.90 bits per heavy atom. The highest BCUT2D eigenvalue weighted by Crippen LogP contribution is 2.37. The first-order chi connectivity index (χ1) is 14.8. The minimum atomic E-state index is 1.19. The van der Waals surface area contributed by atoms with E-state index in [-0.39, 0.29) is 0 Å². The number of hydrogen-bond donors (Lipinski definition) is 0. The molecule has 1 heteroatoms. The molecule has 0 unspecified atom stereocenters. The molecule has 30 heavy (non-hydrogen) atoms. The zero-order valence-corrected chi connectivity index (χ0v) is 16.8. The van der Waals surface area contributed by atoms with E-state index in [0.717, 1.165) is 0 Å². The lowest BCUT2D eigenvalue weighted by atomic mass is 10.0. The van der Waals surface area contributed by atoms with Crippen molar-refractivity contribution in [1.29, 1.82) is 0 Å². The highest BCUT2D eigenvalue weighted by Gasteiger charge is 2.14. The average Bonchev–Trinajstić information content (AvgIpc) is 3.15. The van der Waals surface area contributed by atoms with Crippen molar-refractivity contribution in [3.63, 3.8) is 0 Å². The van der Waals surface area contributed by atoms with E-state index in [4.69, 9.17) is 0 Å². The maximum absolute atomic E-state index is 2.38. The first-order valence-electron chi connectivity index (χ1n) is 10.4. The van der Waals surface area contributed by atoms with Crippen molar-refractivity contribution < 1.29 is 0 Å². The van der Waals surface area contributed by atoms with Gasteiger partial charge in [0, 0.05) is 16.5 Å². The predicted molar refractivity (Wildman–Crippen MR) is 128 cm³/mol. The maximum Gasteiger partial charge on any atom is 0.0547 e. The zero-order chi connectivity index (χ0) is 20.1. The molecule has 0 saturated carbocycles. The van der Waals surface area contributed by atoms with Gasteiger partial charge in [-0.25, -0.2) is 0 Å². The van der Waals surface area contributed by atoms with Crippen LogP contribution in [0.25, 0.3) is 49.4 Å². The van der Waals surface area contributed by atoms with Gasteiger partial charge in [-0.1, -0.05) is 90.5 Å². The summed E-state index contributed by atoms with van der Waals surface area (Å²) in [5.41, 5.74) is 7.45. The van der Waals surface area contributed by atoms with Crippen molar-refractivity contribution in [3.8, 4) is 16.8 Å². The summed E-state index contributed by atoms with van der Waals surface area (Å²) in [5.74, 6) is 0. The van der Waals surface area contributed by atoms with Crippen LogP contribution in [-0.4, -0.2) is 4.57 Å². The van der Waals surface area contributed by atoms with Crippen molar-refractivity contribution in [3.05, 3.63) is 115 Å². The van der Waals surface area contributed by atoms with Gasteiger partial charge in [-0.15, -0.1) is 0 Å². The Bertz CT molecular complexity index is 1520. The normalized spacial score (nSPS) is 11.5. The molecule has 1 nitrogen and oxygen atoms in total. The molecular formula is C29H21N. The van der Waals surface area contributed by atoms with Gasteiger partial charge in [0.1, 0.15) is 0 Å². The fourth-order valence-corrected chi connectivity index (χ4v) is 4.57. The number of benzene rings is 5. The number of aromatic nitrogens is 1. The Balaban J connectivity index is 1.60. The number of fused-ring (bicyclic) bond motifs is 5. The van der Waals surface area contributed by atoms with E-state index in [2.05, 4.69) is 121 Å². The van der Waals surface area contributed by atoms with E-state index in [1.165, 1.54) is 55.0 Å². The molecule has 0 aliphatic heterocycles. The number of rotatable bonds is 2. The molecule has 5 aromatic carbocycles. The third-order valence-electron chi connectivity index (χ3n) is 6.07. The van der Waals surface area contributed by atoms with Crippen molar-refractivity contribution in [2.75, 3.05) is 0 Å². The highest BCUT2D eigenvalue weighted by atomic mass is 15.0. The number of nitrogens with zero attached hydrogens (tertiary/aromatic N) is 1. The molecule has 1 aromatic heterocycles. The van der Waals surface area contributed by atoms with Gasteiger partial charge in [0.15, 0.2) is 0 Å². The van der Waals surface area contributed by atoms with E-state index in [0.29, 0.717) is 0 Å². The Labute approximate surface area is 175 Å². The lowest BCUT2D eigenvalue weighted by Gasteiger charge is -2.10. The number of aryl methyl sites for hydroxylation is 1. The van der Waals surface area contributed by atoms with Crippen LogP contribution in [0.4, 0.5) is 0 Å². The van der Waals surface area contributed by atoms with E-state index < -0.39 is 0 Å². The van der Waals surface area contributed by atoms with Gasteiger partial charge in [-0.05, 0) is 53.1 Å². The van der Waals surface area contributed by atoms with Crippen molar-refractivity contribution in [2.24, 2.45) is 0 Å². The van der Waals surface area contributed by atoms with Crippen LogP contribution in [0.5, 0.6) is 0 Å². The third kappa shape index (κ3) is 2.56. The molecule has 0 radical (unpaired) electrons. The summed E-state index contributed by atoms with van der Waals surface area (Å²) >= 11 is 0. The van der Waals surface area contributed by atoms with Crippen LogP contribution in [0.2, 0.25) is 0 Å². The van der Waals surface area contributed by atoms with Crippen LogP contribution in [0.3, 0.4) is 0 Å². The van der Waals surface area contributed by atoms with Gasteiger partial charge in [-0.2, -0.15) is 0 Å². The van der Waals surface area contributed by atoms with Crippen LogP contribution >= 0.6 is 0 Å². The summed E-state index contributed by atoms with van der Waals surface area (Å²) in [6.45, 7) is 2.12. The Hall–Kier alpha value is -3.84. The van der Waals surface area contributed by atoms with E-state index >= 15 is 0 Å². The van der Waals surface area contributed by atoms with Gasteiger partial charge < -0.3 is 4.57 Å². The average molecular weight is 383 g/mol. The molecule has 0 spiro atoms. The topological polar surface area (TPSA) is 4.93 Å². The molecule has 0 saturated heterocycles. The Morgan fingerprint density at radius 2 is 1.13 bits per heavy atom. The first kappa shape index (κ1) is 17.1. The molecular weight excluding hydrogens is 362 g/mol. The summed E-state index contributed by atoms with van der Waals surface area (Å²) in [6.07, 6.45) is 0. The van der Waals surface area contributed by atoms with Gasteiger partial charge in [0.2, 0.25) is 0 Å². The molecule has 0 bridgehead atoms. The minimum Gasteiger partial charge on any atom is -0.309 e. The van der Waals surface area contributed by atoms with Gasteiger partial charge in [0.05, 0.1) is 11.0 Å². The summed E-state index contributed by atoms with van der Waals surface area (Å²) < 4.78 is 2.38. The molecule has 1 heterocycles. The second-order valence-corrected chi connectivity index (χ2v) is 7.95. The van der Waals surface area contributed by atoms with E-state index in [9.17, 15) is 0 Å². The van der Waals surface area contributed by atoms with Gasteiger partial charge in [-0.3, -0.25) is 0 Å². The van der Waals surface area contributed by atoms with Crippen LogP contribution in [-0.2, 0) is 0 Å². The minimum absolute atomic E-state index is 1.19. The fraction of sp³-hybridized carbons (Fsp3) is 0.0345. The summed E-state index contributed by atoms with van der Waals surface area (Å²) in [6, 6.07) is 39.5. The molecule has 0 aliphatic rings. The Kier molecular flexibility index (Phi) is 3.75. The summed E-state index contributed by atoms with van der Waals surface area (Å²) in [7, 11) is 0. The lowest BCUT2D eigenvalue weighted by molar-refractivity contribution is 1.18. The Morgan fingerprint density at radius 1 is 0.500 bits per heavy atom. The second-order valence-electron chi connectivity index (χ2n) is 7.95. The maximum atomic E-state index is 2.38. The third-order valence-corrected chi connectivity index (χ3v) is 6.07. The molecule has 142 valence electrons. The highest BCUT2D eigenvalue weighted by molar-refractivity contribution is 6.21. The molecule has 6 aromatic rings. The molecule has 0 aliphatic carbocycles. The van der Waals surface area contributed by atoms with Crippen LogP contribution < -0.4 is 0 Å². The largest absolute Gasteiger partial charge is 0.309 e. The fourth-order valence-electron chi connectivity index (χ4n) is 4.57. The molecule has 6 rings (SSSR count). The first-order valence-corrected chi connectivity index (χ1v) is 10.4. The van der Waals surface area contributed by atoms with Crippen LogP contribution in [0, 0.1) is 6.92 Å².